The van der Waals surface area contributed by atoms with Gasteiger partial charge in [-0.05, 0) is 18.3 Å². The van der Waals surface area contributed by atoms with Crippen molar-refractivity contribution in [1.29, 1.82) is 0 Å². The van der Waals surface area contributed by atoms with Gasteiger partial charge < -0.3 is 15.4 Å². The topological polar surface area (TPSA) is 50.4 Å². The van der Waals surface area contributed by atoms with Gasteiger partial charge in [-0.1, -0.05) is 6.92 Å². The molecule has 88 valence electrons. The third-order valence-electron chi connectivity index (χ3n) is 3.03. The van der Waals surface area contributed by atoms with Gasteiger partial charge in [-0.25, -0.2) is 0 Å². The van der Waals surface area contributed by atoms with Crippen LogP contribution in [0.4, 0.5) is 0 Å². The normalized spacial score (nSPS) is 34.1. The van der Waals surface area contributed by atoms with Crippen molar-refractivity contribution in [3.05, 3.63) is 0 Å². The fourth-order valence-electron chi connectivity index (χ4n) is 1.76. The van der Waals surface area contributed by atoms with Crippen molar-refractivity contribution in [1.82, 2.24) is 10.6 Å². The Morgan fingerprint density at radius 3 is 2.87 bits per heavy atom. The fourth-order valence-corrected chi connectivity index (χ4v) is 1.76. The van der Waals surface area contributed by atoms with Gasteiger partial charge in [0.15, 0.2) is 0 Å². The molecule has 0 radical (unpaired) electrons. The monoisotopic (exact) mass is 234 g/mol. The zero-order valence-corrected chi connectivity index (χ0v) is 9.81. The van der Waals surface area contributed by atoms with E-state index >= 15 is 0 Å². The SMILES string of the molecule is CC1CC1CNC(=O)[C@@H]1CNCCO1.Cl. The Kier molecular flexibility index (Phi) is 4.83. The highest BCUT2D eigenvalue weighted by Crippen LogP contribution is 2.36. The molecule has 2 N–H and O–H groups in total. The van der Waals surface area contributed by atoms with Crippen LogP contribution in [-0.2, 0) is 9.53 Å². The first-order chi connectivity index (χ1) is 6.77. The lowest BCUT2D eigenvalue weighted by Gasteiger charge is -2.22. The molecule has 1 saturated heterocycles. The molecule has 1 aliphatic heterocycles. The highest BCUT2D eigenvalue weighted by molar-refractivity contribution is 5.85. The number of hydrogen-bond donors (Lipinski definition) is 2. The molecular formula is C10H19ClN2O2. The van der Waals surface area contributed by atoms with Gasteiger partial charge in [0.2, 0.25) is 5.91 Å². The Labute approximate surface area is 96.5 Å². The second-order valence-electron chi connectivity index (χ2n) is 4.28. The maximum Gasteiger partial charge on any atom is 0.250 e. The quantitative estimate of drug-likeness (QED) is 0.732. The van der Waals surface area contributed by atoms with E-state index in [1.54, 1.807) is 0 Å². The predicted molar refractivity (Wildman–Crippen MR) is 60.1 cm³/mol. The van der Waals surface area contributed by atoms with E-state index in [0.29, 0.717) is 19.1 Å². The Morgan fingerprint density at radius 2 is 2.33 bits per heavy atom. The largest absolute Gasteiger partial charge is 0.366 e. The minimum atomic E-state index is -0.280. The average molecular weight is 235 g/mol. The van der Waals surface area contributed by atoms with Gasteiger partial charge in [0, 0.05) is 19.6 Å². The van der Waals surface area contributed by atoms with E-state index < -0.39 is 0 Å². The Morgan fingerprint density at radius 1 is 1.60 bits per heavy atom. The third-order valence-corrected chi connectivity index (χ3v) is 3.03. The summed E-state index contributed by atoms with van der Waals surface area (Å²) >= 11 is 0. The average Bonchev–Trinajstić information content (AvgIpc) is 2.92. The van der Waals surface area contributed by atoms with Crippen LogP contribution < -0.4 is 10.6 Å². The zero-order valence-electron chi connectivity index (χ0n) is 8.99. The molecule has 5 heteroatoms. The van der Waals surface area contributed by atoms with Crippen molar-refractivity contribution in [2.75, 3.05) is 26.2 Å². The van der Waals surface area contributed by atoms with Gasteiger partial charge in [0.25, 0.3) is 0 Å². The summed E-state index contributed by atoms with van der Waals surface area (Å²) in [7, 11) is 0. The van der Waals surface area contributed by atoms with Crippen molar-refractivity contribution < 1.29 is 9.53 Å². The summed E-state index contributed by atoms with van der Waals surface area (Å²) in [6, 6.07) is 0. The minimum absolute atomic E-state index is 0. The van der Waals surface area contributed by atoms with Crippen LogP contribution in [0.1, 0.15) is 13.3 Å². The van der Waals surface area contributed by atoms with E-state index in [0.717, 1.165) is 19.0 Å². The van der Waals surface area contributed by atoms with E-state index in [-0.39, 0.29) is 24.4 Å². The van der Waals surface area contributed by atoms with Crippen molar-refractivity contribution in [3.63, 3.8) is 0 Å². The molecule has 0 aromatic carbocycles. The molecule has 2 aliphatic rings. The van der Waals surface area contributed by atoms with Gasteiger partial charge in [0.1, 0.15) is 6.10 Å². The number of carbonyl (C=O) groups excluding carboxylic acids is 1. The third kappa shape index (κ3) is 3.63. The first-order valence-corrected chi connectivity index (χ1v) is 5.37. The molecule has 2 fully saturated rings. The second kappa shape index (κ2) is 5.68. The van der Waals surface area contributed by atoms with Crippen LogP contribution in [0.15, 0.2) is 0 Å². The zero-order chi connectivity index (χ0) is 9.97. The molecule has 0 aromatic heterocycles. The lowest BCUT2D eigenvalue weighted by molar-refractivity contribution is -0.134. The molecule has 0 aromatic rings. The molecule has 0 spiro atoms. The van der Waals surface area contributed by atoms with Gasteiger partial charge in [-0.15, -0.1) is 12.4 Å². The molecule has 2 rings (SSSR count). The molecule has 2 unspecified atom stereocenters. The van der Waals surface area contributed by atoms with E-state index in [1.165, 1.54) is 6.42 Å². The summed E-state index contributed by atoms with van der Waals surface area (Å²) in [5.41, 5.74) is 0. The Balaban J connectivity index is 0.00000112. The lowest BCUT2D eigenvalue weighted by atomic mass is 10.2. The summed E-state index contributed by atoms with van der Waals surface area (Å²) in [4.78, 5) is 11.6. The molecule has 1 saturated carbocycles. The lowest BCUT2D eigenvalue weighted by Crippen LogP contribution is -2.48. The highest BCUT2D eigenvalue weighted by atomic mass is 35.5. The predicted octanol–water partition coefficient (Wildman–Crippen LogP) is 0.169. The maximum atomic E-state index is 11.6. The van der Waals surface area contributed by atoms with Crippen molar-refractivity contribution in [2.24, 2.45) is 11.8 Å². The number of rotatable bonds is 3. The number of morpholine rings is 1. The van der Waals surface area contributed by atoms with Crippen molar-refractivity contribution in [3.8, 4) is 0 Å². The maximum absolute atomic E-state index is 11.6. The summed E-state index contributed by atoms with van der Waals surface area (Å²) in [5.74, 6) is 1.53. The molecule has 1 aliphatic carbocycles. The van der Waals surface area contributed by atoms with E-state index in [2.05, 4.69) is 17.6 Å². The molecule has 4 nitrogen and oxygen atoms in total. The minimum Gasteiger partial charge on any atom is -0.366 e. The summed E-state index contributed by atoms with van der Waals surface area (Å²) in [6.45, 7) is 5.17. The fraction of sp³-hybridized carbons (Fsp3) is 0.900. The number of hydrogen-bond acceptors (Lipinski definition) is 3. The molecule has 0 bridgehead atoms. The number of ether oxygens (including phenoxy) is 1. The first kappa shape index (κ1) is 12.7. The van der Waals surface area contributed by atoms with Gasteiger partial charge in [-0.3, -0.25) is 4.79 Å². The second-order valence-corrected chi connectivity index (χ2v) is 4.28. The van der Waals surface area contributed by atoms with Crippen molar-refractivity contribution >= 4 is 18.3 Å². The van der Waals surface area contributed by atoms with Crippen LogP contribution in [0.2, 0.25) is 0 Å². The standard InChI is InChI=1S/C10H18N2O2.ClH/c1-7-4-8(7)5-12-10(13)9-6-11-2-3-14-9;/h7-9,11H,2-6H2,1H3,(H,12,13);1H/t7?,8?,9-;/m0./s1. The number of carbonyl (C=O) groups is 1. The molecule has 1 heterocycles. The number of nitrogens with one attached hydrogen (secondary N) is 2. The van der Waals surface area contributed by atoms with E-state index in [1.807, 2.05) is 0 Å². The van der Waals surface area contributed by atoms with Crippen LogP contribution in [-0.4, -0.2) is 38.3 Å². The molecule has 3 atom stereocenters. The summed E-state index contributed by atoms with van der Waals surface area (Å²) < 4.78 is 5.34. The van der Waals surface area contributed by atoms with E-state index in [9.17, 15) is 4.79 Å². The molecule has 15 heavy (non-hydrogen) atoms. The highest BCUT2D eigenvalue weighted by Gasteiger charge is 2.33. The number of amides is 1. The van der Waals surface area contributed by atoms with Gasteiger partial charge in [-0.2, -0.15) is 0 Å². The van der Waals surface area contributed by atoms with Crippen LogP contribution in [0, 0.1) is 11.8 Å². The van der Waals surface area contributed by atoms with Crippen LogP contribution in [0.25, 0.3) is 0 Å². The Hall–Kier alpha value is -0.320. The van der Waals surface area contributed by atoms with E-state index in [4.69, 9.17) is 4.74 Å². The van der Waals surface area contributed by atoms with Crippen LogP contribution in [0.5, 0.6) is 0 Å². The van der Waals surface area contributed by atoms with Crippen molar-refractivity contribution in [2.45, 2.75) is 19.4 Å². The molecular weight excluding hydrogens is 216 g/mol. The number of halogens is 1. The molecule has 1 amide bonds. The summed E-state index contributed by atoms with van der Waals surface area (Å²) in [5, 5.41) is 6.08. The Bertz CT molecular complexity index is 219. The first-order valence-electron chi connectivity index (χ1n) is 5.37. The summed E-state index contributed by atoms with van der Waals surface area (Å²) in [6.07, 6.45) is 0.974. The van der Waals surface area contributed by atoms with Crippen LogP contribution >= 0.6 is 12.4 Å². The van der Waals surface area contributed by atoms with Gasteiger partial charge >= 0.3 is 0 Å². The van der Waals surface area contributed by atoms with Gasteiger partial charge in [0.05, 0.1) is 6.61 Å². The smallest absolute Gasteiger partial charge is 0.250 e. The van der Waals surface area contributed by atoms with Crippen LogP contribution in [0.3, 0.4) is 0 Å².